The number of fused-ring (bicyclic) bond motifs is 2. The molecule has 0 unspecified atom stereocenters. The summed E-state index contributed by atoms with van der Waals surface area (Å²) in [4.78, 5) is 0. The summed E-state index contributed by atoms with van der Waals surface area (Å²) in [5.74, 6) is 2.47. The van der Waals surface area contributed by atoms with E-state index in [0.717, 1.165) is 0 Å². The molecule has 0 saturated carbocycles. The first-order chi connectivity index (χ1) is 16.1. The molecule has 37 heavy (non-hydrogen) atoms. The van der Waals surface area contributed by atoms with Gasteiger partial charge in [0.2, 0.25) is 0 Å². The Balaban J connectivity index is 0.00000241. The summed E-state index contributed by atoms with van der Waals surface area (Å²) in [5, 5.41) is 0.356. The van der Waals surface area contributed by atoms with Gasteiger partial charge in [0.15, 0.2) is 0 Å². The van der Waals surface area contributed by atoms with Crippen molar-refractivity contribution in [1.29, 1.82) is 0 Å². The molecule has 0 bridgehead atoms. The van der Waals surface area contributed by atoms with E-state index in [1.807, 2.05) is 0 Å². The second-order valence-corrected chi connectivity index (χ2v) is 27.9. The van der Waals surface area contributed by atoms with E-state index in [1.54, 1.807) is 0 Å². The van der Waals surface area contributed by atoms with E-state index in [9.17, 15) is 0 Å². The summed E-state index contributed by atoms with van der Waals surface area (Å²) in [7, 11) is -3.87. The van der Waals surface area contributed by atoms with Crippen LogP contribution in [0.1, 0.15) is 71.1 Å². The van der Waals surface area contributed by atoms with Crippen LogP contribution >= 0.6 is 0 Å². The van der Waals surface area contributed by atoms with Crippen LogP contribution in [-0.4, -0.2) is 16.6 Å². The Morgan fingerprint density at radius 2 is 0.919 bits per heavy atom. The molecule has 0 heterocycles. The average Bonchev–Trinajstić information content (AvgIpc) is 3.24. The zero-order valence-electron chi connectivity index (χ0n) is 24.0. The molecule has 0 aliphatic heterocycles. The van der Waals surface area contributed by atoms with E-state index in [2.05, 4.69) is 128 Å². The van der Waals surface area contributed by atoms with Crippen LogP contribution in [0.2, 0.25) is 36.3 Å². The Morgan fingerprint density at radius 3 is 1.24 bits per heavy atom. The maximum absolute atomic E-state index is 7.04. The predicted molar refractivity (Wildman–Crippen MR) is 151 cm³/mol. The van der Waals surface area contributed by atoms with E-state index in [4.69, 9.17) is 8.85 Å². The van der Waals surface area contributed by atoms with Gasteiger partial charge in [-0.15, -0.1) is 0 Å². The summed E-state index contributed by atoms with van der Waals surface area (Å²) in [6.45, 7) is 23.5. The van der Waals surface area contributed by atoms with Crippen molar-refractivity contribution in [2.75, 3.05) is 0 Å². The van der Waals surface area contributed by atoms with E-state index < -0.39 is 39.5 Å². The Hall–Kier alpha value is -0.596. The smallest absolute Gasteiger partial charge is 1.00 e. The molecule has 0 radical (unpaired) electrons. The molecule has 2 aliphatic carbocycles. The number of halogens is 2. The van der Waals surface area contributed by atoms with Gasteiger partial charge in [-0.25, -0.2) is 0 Å². The van der Waals surface area contributed by atoms with Crippen LogP contribution in [0.25, 0.3) is 12.2 Å². The Kier molecular flexibility index (Phi) is 10.1. The largest absolute Gasteiger partial charge is 1.00 e. The second-order valence-electron chi connectivity index (χ2n) is 13.1. The van der Waals surface area contributed by atoms with Crippen LogP contribution in [0.4, 0.5) is 0 Å². The molecule has 2 aromatic rings. The van der Waals surface area contributed by atoms with Gasteiger partial charge in [-0.05, 0) is 0 Å². The molecule has 2 aromatic carbocycles. The average molecular weight is 740 g/mol. The van der Waals surface area contributed by atoms with Gasteiger partial charge in [-0.2, -0.15) is 0 Å². The minimum atomic E-state index is -1.93. The van der Waals surface area contributed by atoms with E-state index in [-0.39, 0.29) is 34.9 Å². The zero-order chi connectivity index (χ0) is 25.8. The third kappa shape index (κ3) is 6.59. The fourth-order valence-corrected chi connectivity index (χ4v) is 13.7. The number of hydrogen-bond donors (Lipinski definition) is 0. The number of rotatable bonds is 6. The Bertz CT molecular complexity index is 1090. The van der Waals surface area contributed by atoms with Gasteiger partial charge >= 0.3 is 228 Å². The maximum atomic E-state index is 7.04. The molecular weight excluding hydrogens is 698 g/mol. The first kappa shape index (κ1) is 32.6. The van der Waals surface area contributed by atoms with Gasteiger partial charge in [-0.1, -0.05) is 0 Å². The van der Waals surface area contributed by atoms with E-state index >= 15 is 0 Å². The fraction of sp³-hybridized carbons (Fsp3) is 0.467. The zero-order valence-corrected chi connectivity index (χ0v) is 31.1. The molecule has 4 rings (SSSR count). The van der Waals surface area contributed by atoms with Crippen LogP contribution in [-0.2, 0) is 31.8 Å². The first-order valence-electron chi connectivity index (χ1n) is 12.9. The van der Waals surface area contributed by atoms with Crippen LogP contribution in [0.15, 0.2) is 60.0 Å². The Labute approximate surface area is 251 Å². The fourth-order valence-electron chi connectivity index (χ4n) is 4.17. The van der Waals surface area contributed by atoms with E-state index in [0.29, 0.717) is 7.35 Å². The summed E-state index contributed by atoms with van der Waals surface area (Å²) < 4.78 is 15.0. The topological polar surface area (TPSA) is 18.5 Å². The summed E-state index contributed by atoms with van der Waals surface area (Å²) in [6, 6.07) is 17.9. The quantitative estimate of drug-likeness (QED) is 0.424. The van der Waals surface area contributed by atoms with Crippen molar-refractivity contribution in [1.82, 2.24) is 0 Å². The van der Waals surface area contributed by atoms with Crippen LogP contribution in [0.3, 0.4) is 0 Å². The van der Waals surface area contributed by atoms with Crippen LogP contribution in [0.5, 0.6) is 0 Å². The summed E-state index contributed by atoms with van der Waals surface area (Å²) in [5.41, 5.74) is 5.64. The summed E-state index contributed by atoms with van der Waals surface area (Å²) >= 11 is -1.39. The molecule has 0 spiro atoms. The number of benzene rings is 2. The summed E-state index contributed by atoms with van der Waals surface area (Å²) in [6.07, 6.45) is 4.71. The molecule has 0 saturated heterocycles. The van der Waals surface area contributed by atoms with Crippen molar-refractivity contribution < 1.29 is 56.6 Å². The standard InChI is InChI=1S/2C15H21OSi.2ClH.Hf/c2*1-15(2,3)17(4,5)16-14-10-12-8-6-7-9-13(12)11-14;;;/h2*6-11H,1-5H3;2*1H;/q;;;;+2/p-2. The molecule has 2 aliphatic rings. The third-order valence-corrected chi connectivity index (χ3v) is 23.9. The van der Waals surface area contributed by atoms with Gasteiger partial charge in [-0.3, -0.25) is 0 Å². The van der Waals surface area contributed by atoms with Gasteiger partial charge in [0.05, 0.1) is 0 Å². The molecular formula is C30H42Cl2HfO2Si2. The molecule has 2 nitrogen and oxygen atoms in total. The third-order valence-electron chi connectivity index (χ3n) is 8.47. The number of allylic oxidation sites excluding steroid dienone is 2. The van der Waals surface area contributed by atoms with E-state index in [1.165, 1.54) is 33.8 Å². The van der Waals surface area contributed by atoms with Crippen molar-refractivity contribution in [2.24, 2.45) is 0 Å². The maximum Gasteiger partial charge on any atom is -1.00 e. The van der Waals surface area contributed by atoms with Crippen molar-refractivity contribution in [3.8, 4) is 0 Å². The molecule has 0 fully saturated rings. The van der Waals surface area contributed by atoms with Gasteiger partial charge in [0, 0.05) is 0 Å². The van der Waals surface area contributed by atoms with Crippen molar-refractivity contribution in [3.63, 3.8) is 0 Å². The van der Waals surface area contributed by atoms with Gasteiger partial charge < -0.3 is 24.8 Å². The minimum absolute atomic E-state index is 0. The van der Waals surface area contributed by atoms with Gasteiger partial charge in [0.1, 0.15) is 0 Å². The Morgan fingerprint density at radius 1 is 0.595 bits per heavy atom. The SMILES string of the molecule is CC(C)(C)[Si](C)(C)OC1=Cc2ccccc2[C@@H]1[Hf+2][C@H]1C(O[Si](C)(C)C(C)(C)C)=Cc2ccccc21.[Cl-].[Cl-]. The molecule has 200 valence electrons. The monoisotopic (exact) mass is 740 g/mol. The van der Waals surface area contributed by atoms with Crippen LogP contribution in [0, 0.1) is 0 Å². The van der Waals surface area contributed by atoms with Gasteiger partial charge in [0.25, 0.3) is 0 Å². The normalized spacial score (nSPS) is 18.9. The van der Waals surface area contributed by atoms with Crippen molar-refractivity contribution in [3.05, 3.63) is 82.3 Å². The molecule has 0 amide bonds. The first-order valence-corrected chi connectivity index (χ1v) is 22.8. The molecule has 0 N–H and O–H groups in total. The molecule has 0 aromatic heterocycles. The van der Waals surface area contributed by atoms with Crippen molar-refractivity contribution >= 4 is 28.8 Å². The second kappa shape index (κ2) is 11.5. The predicted octanol–water partition coefficient (Wildman–Crippen LogP) is 3.31. The van der Waals surface area contributed by atoms with Crippen LogP contribution < -0.4 is 24.8 Å². The van der Waals surface area contributed by atoms with Crippen molar-refractivity contribution in [2.45, 2.75) is 85.2 Å². The number of hydrogen-bond acceptors (Lipinski definition) is 2. The molecule has 2 atom stereocenters. The minimum Gasteiger partial charge on any atom is -1.00 e. The molecule has 7 heteroatoms.